The van der Waals surface area contributed by atoms with E-state index in [-0.39, 0.29) is 4.90 Å². The van der Waals surface area contributed by atoms with Crippen LogP contribution in [0, 0.1) is 0 Å². The van der Waals surface area contributed by atoms with Crippen LogP contribution in [0.15, 0.2) is 0 Å². The third kappa shape index (κ3) is 7.32. The van der Waals surface area contributed by atoms with Gasteiger partial charge in [-0.25, -0.2) is 0 Å². The van der Waals surface area contributed by atoms with Crippen molar-refractivity contribution in [2.24, 2.45) is 0 Å². The summed E-state index contributed by atoms with van der Waals surface area (Å²) < 4.78 is 70.8. The molecule has 3 nitrogen and oxygen atoms in total. The minimum Gasteiger partial charge on any atom is -0.395 e. The van der Waals surface area contributed by atoms with E-state index in [9.17, 15) is 31.1 Å². The molecule has 0 radical (unpaired) electrons. The Morgan fingerprint density at radius 2 is 1.56 bits per heavy atom. The first-order chi connectivity index (χ1) is 7.05. The maximum absolute atomic E-state index is 11.9. The normalized spacial score (nSPS) is 12.7. The number of carbonyl (C=O) groups excluding carboxylic acids is 1. The smallest absolute Gasteiger partial charge is 0.395 e. The number of hydrogen-bond acceptors (Lipinski definition) is 2. The van der Waals surface area contributed by atoms with Gasteiger partial charge in [0.2, 0.25) is 5.91 Å². The molecule has 0 atom stereocenters. The molecule has 0 heterocycles. The van der Waals surface area contributed by atoms with Gasteiger partial charge in [0, 0.05) is 6.54 Å². The first kappa shape index (κ1) is 15.0. The van der Waals surface area contributed by atoms with Gasteiger partial charge in [0.15, 0.2) is 0 Å². The van der Waals surface area contributed by atoms with Crippen LogP contribution in [0.2, 0.25) is 0 Å². The van der Waals surface area contributed by atoms with Gasteiger partial charge in [-0.3, -0.25) is 4.79 Å². The summed E-state index contributed by atoms with van der Waals surface area (Å²) in [4.78, 5) is 10.7. The zero-order valence-corrected chi connectivity index (χ0v) is 7.90. The van der Waals surface area contributed by atoms with Crippen LogP contribution >= 0.6 is 0 Å². The van der Waals surface area contributed by atoms with Crippen LogP contribution in [0.1, 0.15) is 6.42 Å². The molecule has 0 saturated carbocycles. The fraction of sp³-hybridized carbons (Fsp3) is 0.857. The van der Waals surface area contributed by atoms with Gasteiger partial charge < -0.3 is 10.0 Å². The van der Waals surface area contributed by atoms with Crippen molar-refractivity contribution in [2.75, 3.05) is 19.7 Å². The minimum absolute atomic E-state index is 0.0759. The first-order valence-electron chi connectivity index (χ1n) is 4.07. The maximum Gasteiger partial charge on any atom is 0.406 e. The van der Waals surface area contributed by atoms with Crippen LogP contribution in [-0.2, 0) is 4.79 Å². The molecule has 0 aliphatic heterocycles. The van der Waals surface area contributed by atoms with E-state index in [0.29, 0.717) is 0 Å². The predicted molar refractivity (Wildman–Crippen MR) is 40.4 cm³/mol. The number of aliphatic hydroxyl groups excluding tert-OH is 1. The lowest BCUT2D eigenvalue weighted by atomic mass is 10.3. The van der Waals surface area contributed by atoms with Gasteiger partial charge in [-0.1, -0.05) is 0 Å². The highest BCUT2D eigenvalue weighted by Crippen LogP contribution is 2.22. The molecular formula is C7H9F6NO2. The molecule has 0 aliphatic rings. The lowest BCUT2D eigenvalue weighted by Gasteiger charge is -2.23. The number of rotatable bonds is 4. The van der Waals surface area contributed by atoms with Crippen molar-refractivity contribution in [1.29, 1.82) is 0 Å². The molecule has 0 aromatic carbocycles. The van der Waals surface area contributed by atoms with Crippen LogP contribution in [0.25, 0.3) is 0 Å². The first-order valence-corrected chi connectivity index (χ1v) is 4.07. The molecule has 0 spiro atoms. The number of amides is 1. The molecule has 1 amide bonds. The number of halogens is 6. The van der Waals surface area contributed by atoms with Gasteiger partial charge in [0.1, 0.15) is 13.0 Å². The molecule has 0 aliphatic carbocycles. The number of aliphatic hydroxyl groups is 1. The van der Waals surface area contributed by atoms with E-state index in [4.69, 9.17) is 5.11 Å². The molecule has 9 heteroatoms. The van der Waals surface area contributed by atoms with Crippen molar-refractivity contribution >= 4 is 5.91 Å². The summed E-state index contributed by atoms with van der Waals surface area (Å²) in [5.41, 5.74) is 0. The average molecular weight is 253 g/mol. The van der Waals surface area contributed by atoms with E-state index in [1.54, 1.807) is 0 Å². The average Bonchev–Trinajstić information content (AvgIpc) is 1.97. The highest BCUT2D eigenvalue weighted by atomic mass is 19.4. The molecule has 0 bridgehead atoms. The molecular weight excluding hydrogens is 244 g/mol. The summed E-state index contributed by atoms with van der Waals surface area (Å²) in [7, 11) is 0. The Bertz CT molecular complexity index is 236. The molecule has 0 saturated heterocycles. The Balaban J connectivity index is 4.47. The maximum atomic E-state index is 11.9. The topological polar surface area (TPSA) is 40.5 Å². The van der Waals surface area contributed by atoms with Crippen molar-refractivity contribution in [3.63, 3.8) is 0 Å². The molecule has 0 aromatic rings. The van der Waals surface area contributed by atoms with Gasteiger partial charge in [-0.05, 0) is 0 Å². The highest BCUT2D eigenvalue weighted by Gasteiger charge is 2.37. The number of carbonyl (C=O) groups is 1. The quantitative estimate of drug-likeness (QED) is 0.768. The lowest BCUT2D eigenvalue weighted by molar-refractivity contribution is -0.177. The Morgan fingerprint density at radius 3 is 1.88 bits per heavy atom. The Hall–Kier alpha value is -0.990. The van der Waals surface area contributed by atoms with Crippen LogP contribution in [0.4, 0.5) is 26.3 Å². The summed E-state index contributed by atoms with van der Waals surface area (Å²) in [6.45, 7) is -3.42. The standard InChI is InChI=1S/C7H9F6NO2/c8-6(9,10)3-5(16)14(1-2-15)4-7(11,12)13/h15H,1-4H2. The van der Waals surface area contributed by atoms with Crippen LogP contribution in [0.3, 0.4) is 0 Å². The van der Waals surface area contributed by atoms with E-state index < -0.39 is 44.4 Å². The van der Waals surface area contributed by atoms with Crippen molar-refractivity contribution in [2.45, 2.75) is 18.8 Å². The summed E-state index contributed by atoms with van der Waals surface area (Å²) in [6.07, 6.45) is -11.6. The van der Waals surface area contributed by atoms with Crippen LogP contribution < -0.4 is 0 Å². The van der Waals surface area contributed by atoms with Crippen LogP contribution in [-0.4, -0.2) is 48.0 Å². The van der Waals surface area contributed by atoms with Gasteiger partial charge >= 0.3 is 12.4 Å². The second-order valence-corrected chi connectivity index (χ2v) is 2.95. The van der Waals surface area contributed by atoms with Gasteiger partial charge in [0.25, 0.3) is 0 Å². The van der Waals surface area contributed by atoms with Gasteiger partial charge in [-0.2, -0.15) is 26.3 Å². The minimum atomic E-state index is -4.86. The van der Waals surface area contributed by atoms with Crippen molar-refractivity contribution in [3.05, 3.63) is 0 Å². The second kappa shape index (κ2) is 5.37. The monoisotopic (exact) mass is 253 g/mol. The molecule has 1 N–H and O–H groups in total. The zero-order valence-electron chi connectivity index (χ0n) is 7.90. The fourth-order valence-corrected chi connectivity index (χ4v) is 0.912. The third-order valence-electron chi connectivity index (χ3n) is 1.44. The van der Waals surface area contributed by atoms with E-state index in [1.165, 1.54) is 0 Å². The molecule has 96 valence electrons. The van der Waals surface area contributed by atoms with E-state index >= 15 is 0 Å². The molecule has 0 aromatic heterocycles. The van der Waals surface area contributed by atoms with Crippen LogP contribution in [0.5, 0.6) is 0 Å². The molecule has 0 unspecified atom stereocenters. The number of hydrogen-bond donors (Lipinski definition) is 1. The molecule has 0 fully saturated rings. The largest absolute Gasteiger partial charge is 0.406 e. The van der Waals surface area contributed by atoms with E-state index in [2.05, 4.69) is 0 Å². The Kier molecular flexibility index (Phi) is 5.04. The van der Waals surface area contributed by atoms with Crippen molar-refractivity contribution < 1.29 is 36.2 Å². The third-order valence-corrected chi connectivity index (χ3v) is 1.44. The zero-order chi connectivity index (χ0) is 13.0. The number of alkyl halides is 6. The lowest BCUT2D eigenvalue weighted by Crippen LogP contribution is -2.42. The summed E-state index contributed by atoms with van der Waals surface area (Å²) in [5, 5.41) is 8.34. The molecule has 16 heavy (non-hydrogen) atoms. The summed E-state index contributed by atoms with van der Waals surface area (Å²) >= 11 is 0. The summed E-state index contributed by atoms with van der Waals surface area (Å²) in [5.74, 6) is -1.71. The van der Waals surface area contributed by atoms with Gasteiger partial charge in [-0.15, -0.1) is 0 Å². The number of nitrogens with zero attached hydrogens (tertiary/aromatic N) is 1. The van der Waals surface area contributed by atoms with Gasteiger partial charge in [0.05, 0.1) is 6.61 Å². The SMILES string of the molecule is O=C(CC(F)(F)F)N(CCO)CC(F)(F)F. The van der Waals surface area contributed by atoms with E-state index in [0.717, 1.165) is 0 Å². The fourth-order valence-electron chi connectivity index (χ4n) is 0.912. The van der Waals surface area contributed by atoms with Crippen molar-refractivity contribution in [1.82, 2.24) is 4.90 Å². The predicted octanol–water partition coefficient (Wildman–Crippen LogP) is 1.32. The summed E-state index contributed by atoms with van der Waals surface area (Å²) in [6, 6.07) is 0. The Labute approximate surface area is 86.6 Å². The Morgan fingerprint density at radius 1 is 1.06 bits per heavy atom. The highest BCUT2D eigenvalue weighted by molar-refractivity contribution is 5.76. The second-order valence-electron chi connectivity index (χ2n) is 2.95. The van der Waals surface area contributed by atoms with Crippen molar-refractivity contribution in [3.8, 4) is 0 Å². The van der Waals surface area contributed by atoms with E-state index in [1.807, 2.05) is 0 Å². The molecule has 0 rings (SSSR count).